The summed E-state index contributed by atoms with van der Waals surface area (Å²) in [6.07, 6.45) is 7.84. The van der Waals surface area contributed by atoms with E-state index in [1.54, 1.807) is 42.7 Å². The number of rotatable bonds is 5. The van der Waals surface area contributed by atoms with Gasteiger partial charge in [-0.2, -0.15) is 0 Å². The number of hydrogen-bond acceptors (Lipinski definition) is 4. The molecule has 0 fully saturated rings. The van der Waals surface area contributed by atoms with Crippen molar-refractivity contribution in [2.45, 2.75) is 25.9 Å². The van der Waals surface area contributed by atoms with E-state index in [9.17, 15) is 4.79 Å². The highest BCUT2D eigenvalue weighted by atomic mass is 16.5. The Hall–Kier alpha value is -2.63. The smallest absolute Gasteiger partial charge is 0.261 e. The van der Waals surface area contributed by atoms with Gasteiger partial charge in [-0.05, 0) is 24.6 Å². The zero-order valence-electron chi connectivity index (χ0n) is 12.6. The third-order valence-electron chi connectivity index (χ3n) is 3.84. The molecule has 1 aromatic carbocycles. The minimum atomic E-state index is -0.0455. The zero-order chi connectivity index (χ0) is 15.5. The van der Waals surface area contributed by atoms with Crippen LogP contribution in [0.25, 0.3) is 10.9 Å². The third-order valence-corrected chi connectivity index (χ3v) is 3.84. The predicted molar refractivity (Wildman–Crippen MR) is 84.1 cm³/mol. The summed E-state index contributed by atoms with van der Waals surface area (Å²) in [6.45, 7) is 2.75. The van der Waals surface area contributed by atoms with Crippen molar-refractivity contribution in [3.05, 3.63) is 53.6 Å². The summed E-state index contributed by atoms with van der Waals surface area (Å²) in [5, 5.41) is 0.575. The van der Waals surface area contributed by atoms with Crippen LogP contribution >= 0.6 is 0 Å². The molecule has 6 nitrogen and oxygen atoms in total. The Morgan fingerprint density at radius 2 is 2.18 bits per heavy atom. The molecule has 3 aromatic rings. The average Bonchev–Trinajstić information content (AvgIpc) is 3.06. The van der Waals surface area contributed by atoms with Crippen molar-refractivity contribution >= 4 is 10.9 Å². The van der Waals surface area contributed by atoms with Crippen LogP contribution in [0.3, 0.4) is 0 Å². The molecule has 2 aromatic heterocycles. The number of imidazole rings is 1. The van der Waals surface area contributed by atoms with Gasteiger partial charge in [-0.25, -0.2) is 9.97 Å². The molecule has 0 saturated heterocycles. The normalized spacial score (nSPS) is 12.5. The second-order valence-electron chi connectivity index (χ2n) is 5.16. The van der Waals surface area contributed by atoms with Gasteiger partial charge in [0.1, 0.15) is 5.75 Å². The molecule has 0 radical (unpaired) electrons. The lowest BCUT2D eigenvalue weighted by Crippen LogP contribution is -2.27. The Morgan fingerprint density at radius 1 is 1.32 bits per heavy atom. The summed E-state index contributed by atoms with van der Waals surface area (Å²) in [5.74, 6) is 0.659. The van der Waals surface area contributed by atoms with Crippen molar-refractivity contribution in [3.8, 4) is 5.75 Å². The highest BCUT2D eigenvalue weighted by Crippen LogP contribution is 2.18. The number of benzene rings is 1. The topological polar surface area (TPSA) is 61.9 Å². The van der Waals surface area contributed by atoms with Crippen molar-refractivity contribution < 1.29 is 4.74 Å². The Labute approximate surface area is 128 Å². The Bertz CT molecular complexity index is 824. The van der Waals surface area contributed by atoms with E-state index < -0.39 is 0 Å². The second kappa shape index (κ2) is 6.01. The first-order chi connectivity index (χ1) is 10.7. The standard InChI is InChI=1S/C16H18N4O2/c1-3-12(9-19-7-6-17-10-19)20-11-18-15-5-4-13(22-2)8-14(15)16(20)21/h4-8,10-12H,3,9H2,1-2H3/t12-/m1/s1. The molecule has 0 aliphatic carbocycles. The van der Waals surface area contributed by atoms with Crippen LogP contribution < -0.4 is 10.3 Å². The van der Waals surface area contributed by atoms with Crippen molar-refractivity contribution in [2.75, 3.05) is 7.11 Å². The van der Waals surface area contributed by atoms with E-state index in [2.05, 4.69) is 16.9 Å². The molecular formula is C16H18N4O2. The Morgan fingerprint density at radius 3 is 2.86 bits per heavy atom. The van der Waals surface area contributed by atoms with E-state index in [0.717, 1.165) is 6.42 Å². The SMILES string of the molecule is CC[C@H](Cn1ccnc1)n1cnc2ccc(OC)cc2c1=O. The summed E-state index contributed by atoms with van der Waals surface area (Å²) in [4.78, 5) is 21.2. The van der Waals surface area contributed by atoms with E-state index in [0.29, 0.717) is 23.2 Å². The summed E-state index contributed by atoms with van der Waals surface area (Å²) < 4.78 is 8.87. The maximum atomic E-state index is 12.8. The van der Waals surface area contributed by atoms with Crippen LogP contribution in [0.4, 0.5) is 0 Å². The monoisotopic (exact) mass is 298 g/mol. The summed E-state index contributed by atoms with van der Waals surface area (Å²) in [5.41, 5.74) is 0.635. The lowest BCUT2D eigenvalue weighted by Gasteiger charge is -2.18. The molecule has 22 heavy (non-hydrogen) atoms. The largest absolute Gasteiger partial charge is 0.497 e. The van der Waals surface area contributed by atoms with Crippen molar-refractivity contribution in [3.63, 3.8) is 0 Å². The van der Waals surface area contributed by atoms with Crippen molar-refractivity contribution in [1.82, 2.24) is 19.1 Å². The van der Waals surface area contributed by atoms with Gasteiger partial charge in [0.05, 0.1) is 36.7 Å². The average molecular weight is 298 g/mol. The predicted octanol–water partition coefficient (Wildman–Crippen LogP) is 2.25. The fraction of sp³-hybridized carbons (Fsp3) is 0.312. The number of hydrogen-bond donors (Lipinski definition) is 0. The first kappa shape index (κ1) is 14.3. The molecule has 3 rings (SSSR count). The fourth-order valence-electron chi connectivity index (χ4n) is 2.55. The molecule has 0 unspecified atom stereocenters. The molecule has 1 atom stereocenters. The van der Waals surface area contributed by atoms with Gasteiger partial charge < -0.3 is 9.30 Å². The molecule has 6 heteroatoms. The van der Waals surface area contributed by atoms with Gasteiger partial charge in [-0.1, -0.05) is 6.92 Å². The number of methoxy groups -OCH3 is 1. The second-order valence-corrected chi connectivity index (χ2v) is 5.16. The fourth-order valence-corrected chi connectivity index (χ4v) is 2.55. The lowest BCUT2D eigenvalue weighted by atomic mass is 10.2. The summed E-state index contributed by atoms with van der Waals surface area (Å²) in [7, 11) is 1.59. The van der Waals surface area contributed by atoms with E-state index in [1.165, 1.54) is 0 Å². The summed E-state index contributed by atoms with van der Waals surface area (Å²) in [6, 6.07) is 5.38. The highest BCUT2D eigenvalue weighted by Gasteiger charge is 2.14. The van der Waals surface area contributed by atoms with E-state index in [4.69, 9.17) is 4.74 Å². The number of fused-ring (bicyclic) bond motifs is 1. The molecule has 0 aliphatic rings. The van der Waals surface area contributed by atoms with E-state index in [-0.39, 0.29) is 11.6 Å². The van der Waals surface area contributed by atoms with Crippen LogP contribution in [0, 0.1) is 0 Å². The molecule has 114 valence electrons. The lowest BCUT2D eigenvalue weighted by molar-refractivity contribution is 0.405. The minimum Gasteiger partial charge on any atom is -0.497 e. The number of ether oxygens (including phenoxy) is 1. The van der Waals surface area contributed by atoms with Gasteiger partial charge in [-0.3, -0.25) is 9.36 Å². The van der Waals surface area contributed by atoms with Gasteiger partial charge in [0.2, 0.25) is 0 Å². The van der Waals surface area contributed by atoms with Crippen LogP contribution in [0.1, 0.15) is 19.4 Å². The molecule has 0 amide bonds. The molecule has 0 spiro atoms. The van der Waals surface area contributed by atoms with Gasteiger partial charge >= 0.3 is 0 Å². The van der Waals surface area contributed by atoms with Crippen LogP contribution in [0.2, 0.25) is 0 Å². The minimum absolute atomic E-state index is 0.0322. The third kappa shape index (κ3) is 2.59. The maximum Gasteiger partial charge on any atom is 0.261 e. The van der Waals surface area contributed by atoms with E-state index in [1.807, 2.05) is 16.8 Å². The van der Waals surface area contributed by atoms with Crippen molar-refractivity contribution in [1.29, 1.82) is 0 Å². The van der Waals surface area contributed by atoms with E-state index >= 15 is 0 Å². The van der Waals surface area contributed by atoms with Crippen LogP contribution in [-0.4, -0.2) is 26.2 Å². The zero-order valence-corrected chi connectivity index (χ0v) is 12.6. The molecular weight excluding hydrogens is 280 g/mol. The van der Waals surface area contributed by atoms with Crippen LogP contribution in [0.15, 0.2) is 48.0 Å². The van der Waals surface area contributed by atoms with Gasteiger partial charge in [0.25, 0.3) is 5.56 Å². The molecule has 0 aliphatic heterocycles. The quantitative estimate of drug-likeness (QED) is 0.725. The Kier molecular flexibility index (Phi) is 3.91. The summed E-state index contributed by atoms with van der Waals surface area (Å²) >= 11 is 0. The van der Waals surface area contributed by atoms with Crippen molar-refractivity contribution in [2.24, 2.45) is 0 Å². The van der Waals surface area contributed by atoms with Crippen LogP contribution in [0.5, 0.6) is 5.75 Å². The highest BCUT2D eigenvalue weighted by molar-refractivity contribution is 5.78. The molecule has 0 bridgehead atoms. The first-order valence-electron chi connectivity index (χ1n) is 7.23. The van der Waals surface area contributed by atoms with Gasteiger partial charge in [0.15, 0.2) is 0 Å². The Balaban J connectivity index is 2.05. The maximum absolute atomic E-state index is 12.8. The van der Waals surface area contributed by atoms with Gasteiger partial charge in [0, 0.05) is 18.9 Å². The van der Waals surface area contributed by atoms with Gasteiger partial charge in [-0.15, -0.1) is 0 Å². The number of aromatic nitrogens is 4. The molecule has 2 heterocycles. The number of nitrogens with zero attached hydrogens (tertiary/aromatic N) is 4. The molecule has 0 N–H and O–H groups in total. The first-order valence-corrected chi connectivity index (χ1v) is 7.23. The van der Waals surface area contributed by atoms with Crippen LogP contribution in [-0.2, 0) is 6.54 Å². The molecule has 0 saturated carbocycles.